The van der Waals surface area contributed by atoms with E-state index in [1.54, 1.807) is 11.8 Å². The van der Waals surface area contributed by atoms with Crippen molar-refractivity contribution in [3.05, 3.63) is 41.7 Å². The first kappa shape index (κ1) is 11.2. The molecule has 1 rings (SSSR count). The molecule has 0 fully saturated rings. The van der Waals surface area contributed by atoms with Crippen molar-refractivity contribution in [1.82, 2.24) is 0 Å². The van der Waals surface area contributed by atoms with Crippen molar-refractivity contribution in [3.8, 4) is 0 Å². The van der Waals surface area contributed by atoms with Crippen molar-refractivity contribution in [2.24, 2.45) is 0 Å². The molecule has 76 valence electrons. The number of rotatable bonds is 4. The van der Waals surface area contributed by atoms with E-state index < -0.39 is 0 Å². The monoisotopic (exact) mass is 208 g/mol. The highest BCUT2D eigenvalue weighted by molar-refractivity contribution is 7.99. The van der Waals surface area contributed by atoms with Crippen LogP contribution in [0, 0.1) is 6.92 Å². The van der Waals surface area contributed by atoms with Crippen LogP contribution in [0.1, 0.15) is 18.9 Å². The summed E-state index contributed by atoms with van der Waals surface area (Å²) in [6.45, 7) is 4.10. The Morgan fingerprint density at radius 1 is 1.50 bits per heavy atom. The van der Waals surface area contributed by atoms with Gasteiger partial charge in [0.05, 0.1) is 11.5 Å². The van der Waals surface area contributed by atoms with Gasteiger partial charge in [-0.15, -0.1) is 11.8 Å². The van der Waals surface area contributed by atoms with Gasteiger partial charge >= 0.3 is 0 Å². The van der Waals surface area contributed by atoms with Gasteiger partial charge in [0, 0.05) is 4.90 Å². The Kier molecular flexibility index (Phi) is 4.60. The third-order valence-electron chi connectivity index (χ3n) is 1.82. The molecule has 0 heterocycles. The molecule has 0 amide bonds. The lowest BCUT2D eigenvalue weighted by Crippen LogP contribution is -1.85. The number of benzene rings is 1. The lowest BCUT2D eigenvalue weighted by atomic mass is 10.2. The van der Waals surface area contributed by atoms with E-state index in [4.69, 9.17) is 0 Å². The average molecular weight is 208 g/mol. The molecule has 0 aliphatic carbocycles. The first-order valence-electron chi connectivity index (χ1n) is 4.80. The second-order valence-corrected chi connectivity index (χ2v) is 4.26. The predicted octanol–water partition coefficient (Wildman–Crippen LogP) is 3.94. The molecule has 2 heteroatoms. The quantitative estimate of drug-likeness (QED) is 0.597. The lowest BCUT2D eigenvalue weighted by Gasteiger charge is -2.01. The van der Waals surface area contributed by atoms with E-state index in [0.717, 1.165) is 6.42 Å². The molecule has 0 spiro atoms. The molecule has 1 N–H and O–H groups in total. The number of aliphatic hydroxyl groups is 1. The molecule has 0 saturated carbocycles. The second-order valence-electron chi connectivity index (χ2n) is 3.21. The van der Waals surface area contributed by atoms with Crippen LogP contribution in [0.5, 0.6) is 0 Å². The lowest BCUT2D eigenvalue weighted by molar-refractivity contribution is 0.414. The fourth-order valence-electron chi connectivity index (χ4n) is 1.16. The Bertz CT molecular complexity index is 318. The van der Waals surface area contributed by atoms with Gasteiger partial charge in [-0.2, -0.15) is 0 Å². The molecule has 0 aliphatic rings. The topological polar surface area (TPSA) is 20.2 Å². The largest absolute Gasteiger partial charge is 0.512 e. The zero-order valence-electron chi connectivity index (χ0n) is 8.66. The van der Waals surface area contributed by atoms with Gasteiger partial charge in [-0.1, -0.05) is 24.6 Å². The Morgan fingerprint density at radius 3 is 2.93 bits per heavy atom. The van der Waals surface area contributed by atoms with Crippen LogP contribution in [0.3, 0.4) is 0 Å². The van der Waals surface area contributed by atoms with Gasteiger partial charge in [0.2, 0.25) is 0 Å². The van der Waals surface area contributed by atoms with E-state index in [2.05, 4.69) is 25.1 Å². The maximum absolute atomic E-state index is 9.42. The second kappa shape index (κ2) is 5.76. The standard InChI is InChI=1S/C12H16OS/c1-3-5-11(13)9-14-12-7-4-6-10(2)8-12/h4-8,13H,3,9H2,1-2H3/b11-5+. The van der Waals surface area contributed by atoms with E-state index in [0.29, 0.717) is 11.5 Å². The van der Waals surface area contributed by atoms with Gasteiger partial charge < -0.3 is 5.11 Å². The summed E-state index contributed by atoms with van der Waals surface area (Å²) in [7, 11) is 0. The summed E-state index contributed by atoms with van der Waals surface area (Å²) in [5.41, 5.74) is 1.26. The van der Waals surface area contributed by atoms with Crippen molar-refractivity contribution < 1.29 is 5.11 Å². The van der Waals surface area contributed by atoms with E-state index in [-0.39, 0.29) is 0 Å². The Balaban J connectivity index is 2.49. The molecule has 1 nitrogen and oxygen atoms in total. The fourth-order valence-corrected chi connectivity index (χ4v) is 2.03. The summed E-state index contributed by atoms with van der Waals surface area (Å²) in [4.78, 5) is 1.21. The smallest absolute Gasteiger partial charge is 0.0985 e. The third kappa shape index (κ3) is 3.88. The first-order valence-corrected chi connectivity index (χ1v) is 5.78. The third-order valence-corrected chi connectivity index (χ3v) is 2.84. The van der Waals surface area contributed by atoms with Crippen LogP contribution in [0.4, 0.5) is 0 Å². The highest BCUT2D eigenvalue weighted by Gasteiger charge is 1.96. The molecule has 14 heavy (non-hydrogen) atoms. The van der Waals surface area contributed by atoms with Crippen molar-refractivity contribution in [1.29, 1.82) is 0 Å². The van der Waals surface area contributed by atoms with Crippen molar-refractivity contribution >= 4 is 11.8 Å². The van der Waals surface area contributed by atoms with Crippen LogP contribution >= 0.6 is 11.8 Å². The molecule has 0 bridgehead atoms. The van der Waals surface area contributed by atoms with Gasteiger partial charge in [0.15, 0.2) is 0 Å². The van der Waals surface area contributed by atoms with Crippen LogP contribution < -0.4 is 0 Å². The molecular weight excluding hydrogens is 192 g/mol. The fraction of sp³-hybridized carbons (Fsp3) is 0.333. The maximum atomic E-state index is 9.42. The summed E-state index contributed by atoms with van der Waals surface area (Å²) in [5, 5.41) is 9.42. The van der Waals surface area contributed by atoms with Crippen LogP contribution in [0.25, 0.3) is 0 Å². The average Bonchev–Trinajstić information content (AvgIpc) is 2.15. The molecule has 0 saturated heterocycles. The Morgan fingerprint density at radius 2 is 2.29 bits per heavy atom. The van der Waals surface area contributed by atoms with Crippen LogP contribution in [-0.4, -0.2) is 10.9 Å². The van der Waals surface area contributed by atoms with Crippen molar-refractivity contribution in [2.45, 2.75) is 25.2 Å². The number of hydrogen-bond acceptors (Lipinski definition) is 2. The van der Waals surface area contributed by atoms with Crippen LogP contribution in [0.2, 0.25) is 0 Å². The molecular formula is C12H16OS. The molecule has 0 aromatic heterocycles. The van der Waals surface area contributed by atoms with E-state index in [1.807, 2.05) is 19.1 Å². The van der Waals surface area contributed by atoms with E-state index >= 15 is 0 Å². The van der Waals surface area contributed by atoms with E-state index in [1.165, 1.54) is 10.5 Å². The summed E-state index contributed by atoms with van der Waals surface area (Å²) in [5.74, 6) is 1.14. The van der Waals surface area contributed by atoms with Crippen LogP contribution in [-0.2, 0) is 0 Å². The number of aliphatic hydroxyl groups excluding tert-OH is 1. The highest BCUT2D eigenvalue weighted by atomic mass is 32.2. The number of hydrogen-bond donors (Lipinski definition) is 1. The minimum absolute atomic E-state index is 0.471. The van der Waals surface area contributed by atoms with Gasteiger partial charge in [-0.05, 0) is 31.6 Å². The number of aryl methyl sites for hydroxylation is 1. The molecule has 1 aromatic rings. The number of allylic oxidation sites excluding steroid dienone is 1. The van der Waals surface area contributed by atoms with Crippen molar-refractivity contribution in [2.75, 3.05) is 5.75 Å². The summed E-state index contributed by atoms with van der Waals surface area (Å²) < 4.78 is 0. The Labute approximate surface area is 89.8 Å². The van der Waals surface area contributed by atoms with E-state index in [9.17, 15) is 5.11 Å². The summed E-state index contributed by atoms with van der Waals surface area (Å²) >= 11 is 1.66. The molecule has 0 atom stereocenters. The molecule has 0 radical (unpaired) electrons. The highest BCUT2D eigenvalue weighted by Crippen LogP contribution is 2.20. The summed E-state index contributed by atoms with van der Waals surface area (Å²) in [6, 6.07) is 8.31. The molecule has 0 aliphatic heterocycles. The molecule has 0 unspecified atom stereocenters. The first-order chi connectivity index (χ1) is 6.72. The minimum atomic E-state index is 0.471. The minimum Gasteiger partial charge on any atom is -0.512 e. The maximum Gasteiger partial charge on any atom is 0.0985 e. The van der Waals surface area contributed by atoms with Gasteiger partial charge in [-0.25, -0.2) is 0 Å². The SMILES string of the molecule is CC/C=C(/O)CSc1cccc(C)c1. The normalized spacial score (nSPS) is 11.7. The number of thioether (sulfide) groups is 1. The van der Waals surface area contributed by atoms with Gasteiger partial charge in [0.1, 0.15) is 0 Å². The zero-order valence-corrected chi connectivity index (χ0v) is 9.47. The molecule has 1 aromatic carbocycles. The summed E-state index contributed by atoms with van der Waals surface area (Å²) in [6.07, 6.45) is 2.74. The van der Waals surface area contributed by atoms with Gasteiger partial charge in [0.25, 0.3) is 0 Å². The van der Waals surface area contributed by atoms with Crippen LogP contribution in [0.15, 0.2) is 41.0 Å². The predicted molar refractivity (Wildman–Crippen MR) is 62.9 cm³/mol. The van der Waals surface area contributed by atoms with Gasteiger partial charge in [-0.3, -0.25) is 0 Å². The van der Waals surface area contributed by atoms with Crippen molar-refractivity contribution in [3.63, 3.8) is 0 Å². The Hall–Kier alpha value is -0.890. The zero-order chi connectivity index (χ0) is 10.4.